The molecular formula is C21H25ClN2O4S. The smallest absolute Gasteiger partial charge is 0.264 e. The lowest BCUT2D eigenvalue weighted by atomic mass is 10.0. The van der Waals surface area contributed by atoms with Crippen molar-refractivity contribution in [2.24, 2.45) is 5.92 Å². The Morgan fingerprint density at radius 1 is 1.24 bits per heavy atom. The van der Waals surface area contributed by atoms with E-state index in [0.717, 1.165) is 17.1 Å². The van der Waals surface area contributed by atoms with E-state index in [4.69, 9.17) is 16.3 Å². The van der Waals surface area contributed by atoms with Crippen LogP contribution in [0, 0.1) is 5.92 Å². The van der Waals surface area contributed by atoms with Crippen molar-refractivity contribution >= 4 is 33.2 Å². The van der Waals surface area contributed by atoms with Gasteiger partial charge in [0.15, 0.2) is 0 Å². The highest BCUT2D eigenvalue weighted by molar-refractivity contribution is 7.92. The van der Waals surface area contributed by atoms with Gasteiger partial charge in [0.25, 0.3) is 10.0 Å². The molecule has 1 heterocycles. The number of methoxy groups -OCH3 is 1. The second-order valence-electron chi connectivity index (χ2n) is 7.25. The molecule has 0 radical (unpaired) electrons. The number of anilines is 1. The van der Waals surface area contributed by atoms with Crippen molar-refractivity contribution < 1.29 is 17.9 Å². The maximum Gasteiger partial charge on any atom is 0.264 e. The van der Waals surface area contributed by atoms with Crippen LogP contribution in [0.25, 0.3) is 0 Å². The Balaban J connectivity index is 1.95. The fraction of sp³-hybridized carbons (Fsp3) is 0.381. The summed E-state index contributed by atoms with van der Waals surface area (Å²) in [6.07, 6.45) is 2.00. The highest BCUT2D eigenvalue weighted by atomic mass is 35.5. The largest absolute Gasteiger partial charge is 0.497 e. The second kappa shape index (κ2) is 9.05. The van der Waals surface area contributed by atoms with Crippen molar-refractivity contribution in [3.8, 4) is 5.75 Å². The number of nitrogens with zero attached hydrogens (tertiary/aromatic N) is 2. The summed E-state index contributed by atoms with van der Waals surface area (Å²) in [6.45, 7) is 3.11. The van der Waals surface area contributed by atoms with Crippen molar-refractivity contribution in [3.05, 3.63) is 53.6 Å². The Hall–Kier alpha value is -2.25. The van der Waals surface area contributed by atoms with E-state index in [1.807, 2.05) is 0 Å². The van der Waals surface area contributed by atoms with Gasteiger partial charge < -0.3 is 9.64 Å². The highest BCUT2D eigenvalue weighted by Crippen LogP contribution is 2.27. The first-order valence-corrected chi connectivity index (χ1v) is 11.3. The molecule has 0 aromatic heterocycles. The van der Waals surface area contributed by atoms with E-state index in [9.17, 15) is 13.2 Å². The molecule has 1 amide bonds. The molecular weight excluding hydrogens is 412 g/mol. The zero-order valence-corrected chi connectivity index (χ0v) is 18.1. The minimum absolute atomic E-state index is 0.0816. The van der Waals surface area contributed by atoms with Gasteiger partial charge in [-0.2, -0.15) is 0 Å². The van der Waals surface area contributed by atoms with Crippen LogP contribution >= 0.6 is 11.6 Å². The van der Waals surface area contributed by atoms with Crippen molar-refractivity contribution in [3.63, 3.8) is 0 Å². The lowest BCUT2D eigenvalue weighted by molar-refractivity contribution is -0.131. The second-order valence-corrected chi connectivity index (χ2v) is 9.55. The van der Waals surface area contributed by atoms with Crippen LogP contribution in [0.15, 0.2) is 53.4 Å². The van der Waals surface area contributed by atoms with Crippen molar-refractivity contribution in [1.82, 2.24) is 4.90 Å². The minimum Gasteiger partial charge on any atom is -0.497 e. The maximum atomic E-state index is 13.4. The first-order valence-electron chi connectivity index (χ1n) is 9.51. The number of piperidine rings is 1. The van der Waals surface area contributed by atoms with E-state index in [2.05, 4.69) is 6.92 Å². The number of carbonyl (C=O) groups excluding carboxylic acids is 1. The monoisotopic (exact) mass is 436 g/mol. The summed E-state index contributed by atoms with van der Waals surface area (Å²) in [5.41, 5.74) is 0.353. The molecule has 1 saturated heterocycles. The van der Waals surface area contributed by atoms with E-state index in [-0.39, 0.29) is 17.3 Å². The number of sulfonamides is 1. The Morgan fingerprint density at radius 2 is 1.97 bits per heavy atom. The first-order chi connectivity index (χ1) is 13.8. The molecule has 2 aromatic rings. The Labute approximate surface area is 177 Å². The Bertz CT molecular complexity index is 963. The third kappa shape index (κ3) is 5.03. The number of halogens is 1. The summed E-state index contributed by atoms with van der Waals surface area (Å²) in [5.74, 6) is 0.746. The van der Waals surface area contributed by atoms with Gasteiger partial charge in [-0.1, -0.05) is 24.6 Å². The number of rotatable bonds is 6. The molecule has 1 aliphatic rings. The SMILES string of the molecule is COc1ccc(S(=O)(=O)N(CC(=O)N2CCCC(C)C2)c2cccc(Cl)c2)cc1. The third-order valence-corrected chi connectivity index (χ3v) is 7.06. The Morgan fingerprint density at radius 3 is 2.59 bits per heavy atom. The maximum absolute atomic E-state index is 13.4. The summed E-state index contributed by atoms with van der Waals surface area (Å²) in [4.78, 5) is 14.8. The summed E-state index contributed by atoms with van der Waals surface area (Å²) in [5, 5.41) is 0.400. The van der Waals surface area contributed by atoms with Crippen LogP contribution in [0.1, 0.15) is 19.8 Å². The highest BCUT2D eigenvalue weighted by Gasteiger charge is 2.30. The van der Waals surface area contributed by atoms with Crippen molar-refractivity contribution in [2.45, 2.75) is 24.7 Å². The first kappa shape index (κ1) is 21.5. The van der Waals surface area contributed by atoms with Gasteiger partial charge in [0, 0.05) is 18.1 Å². The standard InChI is InChI=1S/C21H25ClN2O4S/c1-16-5-4-12-23(14-16)21(25)15-24(18-7-3-6-17(22)13-18)29(26,27)20-10-8-19(28-2)9-11-20/h3,6-11,13,16H,4-5,12,14-15H2,1-2H3. The minimum atomic E-state index is -3.97. The molecule has 156 valence electrons. The third-order valence-electron chi connectivity index (χ3n) is 5.03. The van der Waals surface area contributed by atoms with E-state index >= 15 is 0 Å². The molecule has 0 spiro atoms. The molecule has 1 aliphatic heterocycles. The molecule has 1 fully saturated rings. The lowest BCUT2D eigenvalue weighted by Crippen LogP contribution is -2.46. The zero-order valence-electron chi connectivity index (χ0n) is 16.5. The molecule has 6 nitrogen and oxygen atoms in total. The molecule has 1 unspecified atom stereocenters. The summed E-state index contributed by atoms with van der Waals surface area (Å²) >= 11 is 6.10. The van der Waals surface area contributed by atoms with E-state index in [1.54, 1.807) is 41.3 Å². The number of hydrogen-bond acceptors (Lipinski definition) is 4. The summed E-state index contributed by atoms with van der Waals surface area (Å²) in [7, 11) is -2.46. The zero-order chi connectivity index (χ0) is 21.0. The molecule has 8 heteroatoms. The lowest BCUT2D eigenvalue weighted by Gasteiger charge is -2.33. The summed E-state index contributed by atoms with van der Waals surface area (Å²) < 4.78 is 33.0. The molecule has 0 N–H and O–H groups in total. The molecule has 2 aromatic carbocycles. The molecule has 0 aliphatic carbocycles. The van der Waals surface area contributed by atoms with Crippen LogP contribution in [0.2, 0.25) is 5.02 Å². The van der Waals surface area contributed by atoms with Crippen LogP contribution in [-0.4, -0.2) is 46.0 Å². The van der Waals surface area contributed by atoms with Gasteiger partial charge in [-0.3, -0.25) is 9.10 Å². The van der Waals surface area contributed by atoms with Crippen LogP contribution in [0.5, 0.6) is 5.75 Å². The number of benzene rings is 2. The number of amides is 1. The van der Waals surface area contributed by atoms with E-state index < -0.39 is 10.0 Å². The average molecular weight is 437 g/mol. The van der Waals surface area contributed by atoms with Crippen LogP contribution in [-0.2, 0) is 14.8 Å². The fourth-order valence-corrected chi connectivity index (χ4v) is 5.05. The molecule has 0 bridgehead atoms. The molecule has 1 atom stereocenters. The number of carbonyl (C=O) groups is 1. The number of ether oxygens (including phenoxy) is 1. The number of likely N-dealkylation sites (tertiary alicyclic amines) is 1. The average Bonchev–Trinajstić information content (AvgIpc) is 2.71. The topological polar surface area (TPSA) is 66.9 Å². The van der Waals surface area contributed by atoms with Gasteiger partial charge in [0.1, 0.15) is 12.3 Å². The van der Waals surface area contributed by atoms with Crippen LogP contribution in [0.3, 0.4) is 0 Å². The van der Waals surface area contributed by atoms with Gasteiger partial charge in [0.2, 0.25) is 5.91 Å². The fourth-order valence-electron chi connectivity index (χ4n) is 3.46. The molecule has 0 saturated carbocycles. The van der Waals surface area contributed by atoms with Gasteiger partial charge in [0.05, 0.1) is 17.7 Å². The van der Waals surface area contributed by atoms with E-state index in [1.165, 1.54) is 19.2 Å². The van der Waals surface area contributed by atoms with Crippen molar-refractivity contribution in [1.29, 1.82) is 0 Å². The predicted molar refractivity (Wildman–Crippen MR) is 114 cm³/mol. The molecule has 3 rings (SSSR count). The number of hydrogen-bond donors (Lipinski definition) is 0. The van der Waals surface area contributed by atoms with Crippen LogP contribution in [0.4, 0.5) is 5.69 Å². The normalized spacial score (nSPS) is 17.1. The van der Waals surface area contributed by atoms with Gasteiger partial charge in [-0.25, -0.2) is 8.42 Å². The Kier molecular flexibility index (Phi) is 6.70. The van der Waals surface area contributed by atoms with Crippen molar-refractivity contribution in [2.75, 3.05) is 31.0 Å². The van der Waals surface area contributed by atoms with E-state index in [0.29, 0.717) is 35.5 Å². The van der Waals surface area contributed by atoms with Gasteiger partial charge in [-0.15, -0.1) is 0 Å². The summed E-state index contributed by atoms with van der Waals surface area (Å²) in [6, 6.07) is 12.6. The quantitative estimate of drug-likeness (QED) is 0.690. The van der Waals surface area contributed by atoms with Crippen LogP contribution < -0.4 is 9.04 Å². The van der Waals surface area contributed by atoms with Gasteiger partial charge >= 0.3 is 0 Å². The van der Waals surface area contributed by atoms with Gasteiger partial charge in [-0.05, 0) is 61.2 Å². The predicted octanol–water partition coefficient (Wildman–Crippen LogP) is 3.80. The molecule has 29 heavy (non-hydrogen) atoms.